The number of benzene rings is 2. The van der Waals surface area contributed by atoms with Crippen LogP contribution in [0, 0.1) is 6.92 Å². The summed E-state index contributed by atoms with van der Waals surface area (Å²) in [5.74, 6) is 0.680. The van der Waals surface area contributed by atoms with Crippen LogP contribution < -0.4 is 10.1 Å². The van der Waals surface area contributed by atoms with E-state index in [-0.39, 0.29) is 24.6 Å². The van der Waals surface area contributed by atoms with Crippen LogP contribution in [0.2, 0.25) is 0 Å². The summed E-state index contributed by atoms with van der Waals surface area (Å²) in [7, 11) is 0. The Morgan fingerprint density at radius 2 is 2.00 bits per heavy atom. The van der Waals surface area contributed by atoms with Crippen LogP contribution in [0.3, 0.4) is 0 Å². The van der Waals surface area contributed by atoms with Crippen molar-refractivity contribution in [3.63, 3.8) is 0 Å². The first-order valence-corrected chi connectivity index (χ1v) is 9.79. The largest absolute Gasteiger partial charge is 0.488 e. The minimum Gasteiger partial charge on any atom is -0.488 e. The monoisotopic (exact) mass is 388 g/mol. The van der Waals surface area contributed by atoms with Crippen LogP contribution in [0.1, 0.15) is 36.1 Å². The van der Waals surface area contributed by atoms with Gasteiger partial charge >= 0.3 is 0 Å². The number of nitrogens with zero attached hydrogens (tertiary/aromatic N) is 3. The van der Waals surface area contributed by atoms with Gasteiger partial charge in [0, 0.05) is 5.56 Å². The van der Waals surface area contributed by atoms with E-state index in [2.05, 4.69) is 53.5 Å². The minimum atomic E-state index is -0.149. The average Bonchev–Trinajstić information content (AvgIpc) is 3.28. The predicted molar refractivity (Wildman–Crippen MR) is 111 cm³/mol. The van der Waals surface area contributed by atoms with Crippen molar-refractivity contribution in [2.24, 2.45) is 0 Å². The van der Waals surface area contributed by atoms with Gasteiger partial charge in [-0.1, -0.05) is 55.0 Å². The molecule has 0 radical (unpaired) electrons. The Morgan fingerprint density at radius 3 is 2.72 bits per heavy atom. The average molecular weight is 388 g/mol. The Kier molecular flexibility index (Phi) is 5.42. The maximum Gasteiger partial charge on any atom is 0.250 e. The maximum atomic E-state index is 13.0. The van der Waals surface area contributed by atoms with Gasteiger partial charge in [0.15, 0.2) is 0 Å². The van der Waals surface area contributed by atoms with E-state index in [9.17, 15) is 4.79 Å². The van der Waals surface area contributed by atoms with Crippen molar-refractivity contribution in [2.75, 3.05) is 6.61 Å². The molecule has 2 atom stereocenters. The number of amides is 1. The van der Waals surface area contributed by atoms with Crippen molar-refractivity contribution in [1.82, 2.24) is 20.1 Å². The zero-order valence-electron chi connectivity index (χ0n) is 16.6. The van der Waals surface area contributed by atoms with Crippen molar-refractivity contribution in [2.45, 2.75) is 32.4 Å². The molecule has 4 rings (SSSR count). The van der Waals surface area contributed by atoms with E-state index in [0.717, 1.165) is 23.3 Å². The van der Waals surface area contributed by atoms with E-state index in [1.165, 1.54) is 11.9 Å². The summed E-state index contributed by atoms with van der Waals surface area (Å²) < 4.78 is 7.55. The normalized spacial score (nSPS) is 14.9. The maximum absolute atomic E-state index is 13.0. The summed E-state index contributed by atoms with van der Waals surface area (Å²) in [4.78, 5) is 17.1. The molecule has 2 heterocycles. The summed E-state index contributed by atoms with van der Waals surface area (Å²) in [6.45, 7) is 4.38. The van der Waals surface area contributed by atoms with E-state index < -0.39 is 0 Å². The van der Waals surface area contributed by atoms with Crippen LogP contribution in [-0.4, -0.2) is 33.3 Å². The van der Waals surface area contributed by atoms with Crippen LogP contribution in [0.15, 0.2) is 66.8 Å². The first-order chi connectivity index (χ1) is 14.2. The standard InChI is InChI=1S/C23H24N4O2/c1-3-20(22(27-15-24-14-25-27)17-10-8-16(2)9-11-17)26-23(28)19-12-18-6-4-5-7-21(18)29-13-19/h4-12,14-15,20,22H,3,13H2,1-2H3,(H,26,28)/t20-,22+/m1/s1. The molecule has 3 aromatic rings. The first-order valence-electron chi connectivity index (χ1n) is 9.79. The Labute approximate surface area is 170 Å². The molecule has 6 nitrogen and oxygen atoms in total. The zero-order chi connectivity index (χ0) is 20.2. The van der Waals surface area contributed by atoms with E-state index in [1.54, 1.807) is 11.0 Å². The Balaban J connectivity index is 1.60. The summed E-state index contributed by atoms with van der Waals surface area (Å²) in [5, 5.41) is 7.54. The molecule has 1 aliphatic heterocycles. The molecule has 1 amide bonds. The summed E-state index contributed by atoms with van der Waals surface area (Å²) in [6.07, 6.45) is 5.86. The van der Waals surface area contributed by atoms with Gasteiger partial charge in [0.05, 0.1) is 17.7 Å². The molecule has 1 aromatic heterocycles. The highest BCUT2D eigenvalue weighted by molar-refractivity contribution is 5.99. The third kappa shape index (κ3) is 4.06. The van der Waals surface area contributed by atoms with Gasteiger partial charge in [-0.15, -0.1) is 0 Å². The van der Waals surface area contributed by atoms with Gasteiger partial charge in [0.25, 0.3) is 5.91 Å². The van der Waals surface area contributed by atoms with Crippen LogP contribution in [-0.2, 0) is 4.79 Å². The van der Waals surface area contributed by atoms with Gasteiger partial charge in [-0.3, -0.25) is 4.79 Å². The number of carbonyl (C=O) groups excluding carboxylic acids is 1. The van der Waals surface area contributed by atoms with E-state index in [4.69, 9.17) is 4.74 Å². The van der Waals surface area contributed by atoms with Crippen molar-refractivity contribution >= 4 is 12.0 Å². The van der Waals surface area contributed by atoms with Gasteiger partial charge in [-0.05, 0) is 31.1 Å². The number of hydrogen-bond acceptors (Lipinski definition) is 4. The lowest BCUT2D eigenvalue weighted by atomic mass is 9.96. The van der Waals surface area contributed by atoms with Gasteiger partial charge in [0.2, 0.25) is 0 Å². The highest BCUT2D eigenvalue weighted by Gasteiger charge is 2.28. The van der Waals surface area contributed by atoms with Gasteiger partial charge in [-0.25, -0.2) is 9.67 Å². The summed E-state index contributed by atoms with van der Waals surface area (Å²) in [6, 6.07) is 15.7. The van der Waals surface area contributed by atoms with E-state index in [1.807, 2.05) is 30.3 Å². The molecule has 0 aliphatic carbocycles. The quantitative estimate of drug-likeness (QED) is 0.701. The lowest BCUT2D eigenvalue weighted by Crippen LogP contribution is -2.43. The number of fused-ring (bicyclic) bond motifs is 1. The topological polar surface area (TPSA) is 69.0 Å². The first kappa shape index (κ1) is 18.9. The fraction of sp³-hybridized carbons (Fsp3) is 0.261. The molecule has 0 bridgehead atoms. The second-order valence-corrected chi connectivity index (χ2v) is 7.22. The highest BCUT2D eigenvalue weighted by atomic mass is 16.5. The number of rotatable bonds is 6. The SMILES string of the molecule is CC[C@@H](NC(=O)C1=Cc2ccccc2OC1)[C@H](c1ccc(C)cc1)n1cncn1. The van der Waals surface area contributed by atoms with Crippen molar-refractivity contribution in [1.29, 1.82) is 0 Å². The van der Waals surface area contributed by atoms with Crippen molar-refractivity contribution in [3.05, 3.63) is 83.4 Å². The summed E-state index contributed by atoms with van der Waals surface area (Å²) >= 11 is 0. The number of aryl methyl sites for hydroxylation is 1. The molecule has 1 aliphatic rings. The van der Waals surface area contributed by atoms with Crippen LogP contribution in [0.4, 0.5) is 0 Å². The van der Waals surface area contributed by atoms with E-state index >= 15 is 0 Å². The molecule has 148 valence electrons. The molecule has 29 heavy (non-hydrogen) atoms. The van der Waals surface area contributed by atoms with Crippen LogP contribution in [0.5, 0.6) is 5.75 Å². The number of ether oxygens (including phenoxy) is 1. The number of para-hydroxylation sites is 1. The van der Waals surface area contributed by atoms with Gasteiger partial charge in [-0.2, -0.15) is 5.10 Å². The molecule has 0 unspecified atom stereocenters. The highest BCUT2D eigenvalue weighted by Crippen LogP contribution is 2.27. The fourth-order valence-corrected chi connectivity index (χ4v) is 3.61. The molecular formula is C23H24N4O2. The van der Waals surface area contributed by atoms with Crippen molar-refractivity contribution in [3.8, 4) is 5.75 Å². The second kappa shape index (κ2) is 8.31. The third-order valence-corrected chi connectivity index (χ3v) is 5.20. The Morgan fingerprint density at radius 1 is 1.21 bits per heavy atom. The molecule has 0 fully saturated rings. The number of nitrogens with one attached hydrogen (secondary N) is 1. The lowest BCUT2D eigenvalue weighted by Gasteiger charge is -2.28. The smallest absolute Gasteiger partial charge is 0.250 e. The zero-order valence-corrected chi connectivity index (χ0v) is 16.6. The van der Waals surface area contributed by atoms with Gasteiger partial charge in [0.1, 0.15) is 25.0 Å². The third-order valence-electron chi connectivity index (χ3n) is 5.20. The predicted octanol–water partition coefficient (Wildman–Crippen LogP) is 3.55. The van der Waals surface area contributed by atoms with E-state index in [0.29, 0.717) is 5.57 Å². The summed E-state index contributed by atoms with van der Waals surface area (Å²) in [5.41, 5.74) is 3.80. The molecule has 0 spiro atoms. The second-order valence-electron chi connectivity index (χ2n) is 7.22. The van der Waals surface area contributed by atoms with Gasteiger partial charge < -0.3 is 10.1 Å². The van der Waals surface area contributed by atoms with Crippen molar-refractivity contribution < 1.29 is 9.53 Å². The number of aromatic nitrogens is 3. The number of hydrogen-bond donors (Lipinski definition) is 1. The number of carbonyl (C=O) groups is 1. The fourth-order valence-electron chi connectivity index (χ4n) is 3.61. The molecule has 0 saturated carbocycles. The lowest BCUT2D eigenvalue weighted by molar-refractivity contribution is -0.118. The van der Waals surface area contributed by atoms with Crippen LogP contribution in [0.25, 0.3) is 6.08 Å². The minimum absolute atomic E-state index is 0.122. The molecule has 2 aromatic carbocycles. The molecule has 1 N–H and O–H groups in total. The molecule has 0 saturated heterocycles. The Hall–Kier alpha value is -3.41. The molecular weight excluding hydrogens is 364 g/mol. The van der Waals surface area contributed by atoms with Crippen LogP contribution >= 0.6 is 0 Å². The molecule has 6 heteroatoms. The Bertz CT molecular complexity index is 1010.